The Morgan fingerprint density at radius 1 is 0.463 bits per heavy atom. The van der Waals surface area contributed by atoms with Crippen LogP contribution in [-0.4, -0.2) is 0 Å². The Balaban J connectivity index is 1.50. The summed E-state index contributed by atoms with van der Waals surface area (Å²) in [6.45, 7) is 0. The molecule has 7 aromatic carbocycles. The van der Waals surface area contributed by atoms with Crippen LogP contribution in [-0.2, 0) is 5.41 Å². The summed E-state index contributed by atoms with van der Waals surface area (Å²) in [6, 6.07) is 50.0. The van der Waals surface area contributed by atoms with E-state index in [1.165, 1.54) is 49.7 Å². The van der Waals surface area contributed by atoms with Crippen molar-refractivity contribution < 1.29 is 4.74 Å². The van der Waals surface area contributed by atoms with E-state index in [9.17, 15) is 0 Å². The number of benzene rings is 7. The first-order valence-electron chi connectivity index (χ1n) is 14.0. The molecule has 192 valence electrons. The van der Waals surface area contributed by atoms with Crippen molar-refractivity contribution in [3.63, 3.8) is 0 Å². The predicted molar refractivity (Wildman–Crippen MR) is 169 cm³/mol. The first-order valence-corrected chi connectivity index (χ1v) is 14.3. The molecule has 0 atom stereocenters. The molecule has 0 amide bonds. The van der Waals surface area contributed by atoms with Crippen LogP contribution in [0.5, 0.6) is 11.5 Å². The van der Waals surface area contributed by atoms with E-state index >= 15 is 0 Å². The van der Waals surface area contributed by atoms with Crippen molar-refractivity contribution in [2.75, 3.05) is 0 Å². The number of ether oxygens (including phenoxy) is 1. The zero-order valence-corrected chi connectivity index (χ0v) is 22.8. The average molecular weight is 543 g/mol. The average Bonchev–Trinajstić information content (AvgIpc) is 3.32. The van der Waals surface area contributed by atoms with E-state index in [4.69, 9.17) is 16.3 Å². The summed E-state index contributed by atoms with van der Waals surface area (Å²) in [5.41, 5.74) is 9.16. The predicted octanol–water partition coefficient (Wildman–Crippen LogP) is 10.8. The molecular formula is C39H23ClO. The van der Waals surface area contributed by atoms with Gasteiger partial charge in [-0.15, -0.1) is 0 Å². The van der Waals surface area contributed by atoms with Crippen molar-refractivity contribution in [1.82, 2.24) is 0 Å². The molecule has 0 saturated heterocycles. The van der Waals surface area contributed by atoms with Gasteiger partial charge < -0.3 is 4.74 Å². The highest BCUT2D eigenvalue weighted by Crippen LogP contribution is 2.64. The molecule has 2 aliphatic rings. The van der Waals surface area contributed by atoms with Crippen molar-refractivity contribution in [2.24, 2.45) is 0 Å². The van der Waals surface area contributed by atoms with Crippen LogP contribution in [0, 0.1) is 0 Å². The van der Waals surface area contributed by atoms with Crippen LogP contribution < -0.4 is 4.74 Å². The second-order valence-corrected chi connectivity index (χ2v) is 11.4. The number of rotatable bonds is 1. The third kappa shape index (κ3) is 2.96. The highest BCUT2D eigenvalue weighted by molar-refractivity contribution is 6.30. The summed E-state index contributed by atoms with van der Waals surface area (Å²) in [5, 5.41) is 5.33. The molecule has 0 saturated carbocycles. The third-order valence-corrected chi connectivity index (χ3v) is 9.21. The molecule has 2 heteroatoms. The summed E-state index contributed by atoms with van der Waals surface area (Å²) < 4.78 is 7.03. The molecule has 0 N–H and O–H groups in total. The van der Waals surface area contributed by atoms with Gasteiger partial charge in [0.2, 0.25) is 0 Å². The molecule has 0 fully saturated rings. The first-order chi connectivity index (χ1) is 20.2. The van der Waals surface area contributed by atoms with Crippen LogP contribution in [0.25, 0.3) is 43.8 Å². The Hall–Kier alpha value is -4.85. The molecule has 1 heterocycles. The minimum absolute atomic E-state index is 0.544. The lowest BCUT2D eigenvalue weighted by molar-refractivity contribution is 0.447. The van der Waals surface area contributed by atoms with Crippen LogP contribution in [0.3, 0.4) is 0 Å². The fraction of sp³-hybridized carbons (Fsp3) is 0.0256. The third-order valence-electron chi connectivity index (χ3n) is 8.98. The maximum atomic E-state index is 7.03. The van der Waals surface area contributed by atoms with Gasteiger partial charge in [-0.05, 0) is 56.3 Å². The van der Waals surface area contributed by atoms with E-state index in [0.29, 0.717) is 0 Å². The highest BCUT2D eigenvalue weighted by atomic mass is 35.5. The maximum Gasteiger partial charge on any atom is 0.140 e. The number of fused-ring (bicyclic) bond motifs is 13. The van der Waals surface area contributed by atoms with Crippen molar-refractivity contribution >= 4 is 33.1 Å². The summed E-state index contributed by atoms with van der Waals surface area (Å²) in [7, 11) is 0. The standard InChI is InChI=1S/C39H23ClO/c40-27-12-7-11-26(23-27)28-16-8-18-33-36(28)31-15-5-6-17-32(31)39(33)34-21-19-24-9-1-3-13-29(24)37(34)41-38-30-14-4-2-10-25(30)20-22-35(38)39/h1-23H. The van der Waals surface area contributed by atoms with Crippen molar-refractivity contribution in [3.05, 3.63) is 167 Å². The topological polar surface area (TPSA) is 9.23 Å². The summed E-state index contributed by atoms with van der Waals surface area (Å²) >= 11 is 6.52. The molecule has 1 spiro atoms. The van der Waals surface area contributed by atoms with Gasteiger partial charge in [-0.2, -0.15) is 0 Å². The minimum atomic E-state index is -0.544. The Kier molecular flexibility index (Phi) is 4.66. The molecule has 9 rings (SSSR count). The van der Waals surface area contributed by atoms with E-state index in [1.54, 1.807) is 0 Å². The van der Waals surface area contributed by atoms with Gasteiger partial charge in [-0.3, -0.25) is 0 Å². The Labute approximate surface area is 243 Å². The molecule has 1 nitrogen and oxygen atoms in total. The van der Waals surface area contributed by atoms with Gasteiger partial charge in [0.1, 0.15) is 11.5 Å². The van der Waals surface area contributed by atoms with Crippen molar-refractivity contribution in [1.29, 1.82) is 0 Å². The molecule has 0 aromatic heterocycles. The zero-order chi connectivity index (χ0) is 27.1. The maximum absolute atomic E-state index is 7.03. The number of halogens is 1. The normalized spacial score (nSPS) is 13.9. The quantitative estimate of drug-likeness (QED) is 0.200. The second kappa shape index (κ2) is 8.33. The molecular weight excluding hydrogens is 520 g/mol. The van der Waals surface area contributed by atoms with Gasteiger partial charge in [0, 0.05) is 26.9 Å². The van der Waals surface area contributed by atoms with Gasteiger partial charge in [0.05, 0.1) is 5.41 Å². The molecule has 7 aromatic rings. The largest absolute Gasteiger partial charge is 0.455 e. The van der Waals surface area contributed by atoms with Gasteiger partial charge in [-0.25, -0.2) is 0 Å². The monoisotopic (exact) mass is 542 g/mol. The van der Waals surface area contributed by atoms with Gasteiger partial charge in [-0.1, -0.05) is 139 Å². The van der Waals surface area contributed by atoms with Crippen LogP contribution in [0.2, 0.25) is 5.02 Å². The van der Waals surface area contributed by atoms with E-state index in [-0.39, 0.29) is 0 Å². The number of hydrogen-bond acceptors (Lipinski definition) is 1. The Morgan fingerprint density at radius 2 is 1.05 bits per heavy atom. The van der Waals surface area contributed by atoms with Gasteiger partial charge in [0.25, 0.3) is 0 Å². The lowest BCUT2D eigenvalue weighted by Gasteiger charge is -2.40. The summed E-state index contributed by atoms with van der Waals surface area (Å²) in [5.74, 6) is 1.87. The SMILES string of the molecule is Clc1cccc(-c2cccc3c2-c2ccccc2C32c3ccc4ccccc4c3Oc3c2ccc2ccccc32)c1. The molecule has 0 unspecified atom stereocenters. The lowest BCUT2D eigenvalue weighted by Crippen LogP contribution is -2.32. The lowest BCUT2D eigenvalue weighted by atomic mass is 9.65. The van der Waals surface area contributed by atoms with E-state index in [2.05, 4.69) is 127 Å². The summed E-state index contributed by atoms with van der Waals surface area (Å²) in [6.07, 6.45) is 0. The van der Waals surface area contributed by atoms with Crippen molar-refractivity contribution in [2.45, 2.75) is 5.41 Å². The van der Waals surface area contributed by atoms with Crippen molar-refractivity contribution in [3.8, 4) is 33.8 Å². The fourth-order valence-electron chi connectivity index (χ4n) is 7.35. The summed E-state index contributed by atoms with van der Waals surface area (Å²) in [4.78, 5) is 0. The molecule has 41 heavy (non-hydrogen) atoms. The molecule has 1 aliphatic heterocycles. The van der Waals surface area contributed by atoms with Crippen LogP contribution >= 0.6 is 11.6 Å². The smallest absolute Gasteiger partial charge is 0.140 e. The number of hydrogen-bond donors (Lipinski definition) is 0. The van der Waals surface area contributed by atoms with E-state index in [0.717, 1.165) is 32.9 Å². The highest BCUT2D eigenvalue weighted by Gasteiger charge is 2.52. The molecule has 0 bridgehead atoms. The fourth-order valence-corrected chi connectivity index (χ4v) is 7.54. The van der Waals surface area contributed by atoms with E-state index < -0.39 is 5.41 Å². The second-order valence-electron chi connectivity index (χ2n) is 11.0. The van der Waals surface area contributed by atoms with Crippen LogP contribution in [0.1, 0.15) is 22.3 Å². The minimum Gasteiger partial charge on any atom is -0.455 e. The van der Waals surface area contributed by atoms with Gasteiger partial charge in [0.15, 0.2) is 0 Å². The van der Waals surface area contributed by atoms with Crippen LogP contribution in [0.15, 0.2) is 140 Å². The van der Waals surface area contributed by atoms with E-state index in [1.807, 2.05) is 12.1 Å². The zero-order valence-electron chi connectivity index (χ0n) is 22.1. The van der Waals surface area contributed by atoms with Crippen LogP contribution in [0.4, 0.5) is 0 Å². The first kappa shape index (κ1) is 22.9. The Bertz CT molecular complexity index is 2120. The molecule has 0 radical (unpaired) electrons. The van der Waals surface area contributed by atoms with Gasteiger partial charge >= 0.3 is 0 Å². The molecule has 1 aliphatic carbocycles. The Morgan fingerprint density at radius 3 is 1.76 bits per heavy atom.